The van der Waals surface area contributed by atoms with Crippen LogP contribution in [0, 0.1) is 0 Å². The van der Waals surface area contributed by atoms with E-state index < -0.39 is 5.92 Å². The number of hydrogen-bond donors (Lipinski definition) is 4. The maximum Gasteiger partial charge on any atom is 0.157 e. The van der Waals surface area contributed by atoms with E-state index in [0.29, 0.717) is 17.1 Å². The molecule has 0 heterocycles. The largest absolute Gasteiger partial charge is 0.508 e. The molecule has 0 spiro atoms. The topological polar surface area (TPSA) is 99.4 Å². The Morgan fingerprint density at radius 3 is 1.36 bits per heavy atom. The second-order valence-corrected chi connectivity index (χ2v) is 8.80. The first kappa shape index (κ1) is 24.1. The molecule has 0 bridgehead atoms. The quantitative estimate of drug-likeness (QED) is 0.261. The number of benzene rings is 3. The summed E-state index contributed by atoms with van der Waals surface area (Å²) in [6.45, 7) is 7.96. The number of ether oxygens (including phenoxy) is 2. The van der Waals surface area contributed by atoms with Gasteiger partial charge in [0, 0.05) is 29.2 Å². The molecule has 0 saturated heterocycles. The summed E-state index contributed by atoms with van der Waals surface area (Å²) in [5, 5.41) is 41.3. The number of phenolic OH excluding ortho intramolecular Hbond substituents is 4. The van der Waals surface area contributed by atoms with Gasteiger partial charge in [-0.15, -0.1) is 0 Å². The van der Waals surface area contributed by atoms with Gasteiger partial charge in [0.15, 0.2) is 11.5 Å². The van der Waals surface area contributed by atoms with E-state index in [-0.39, 0.29) is 34.8 Å². The summed E-state index contributed by atoms with van der Waals surface area (Å²) in [7, 11) is 3.07. The lowest BCUT2D eigenvalue weighted by molar-refractivity contribution is 0.393. The number of rotatable bonds is 7. The Morgan fingerprint density at radius 1 is 0.545 bits per heavy atom. The molecule has 0 radical (unpaired) electrons. The van der Waals surface area contributed by atoms with E-state index in [1.165, 1.54) is 26.4 Å². The Labute approximate surface area is 194 Å². The van der Waals surface area contributed by atoms with Crippen LogP contribution in [-0.4, -0.2) is 34.6 Å². The van der Waals surface area contributed by atoms with E-state index in [0.717, 1.165) is 22.3 Å². The van der Waals surface area contributed by atoms with Crippen LogP contribution in [0.1, 0.15) is 73.3 Å². The van der Waals surface area contributed by atoms with Crippen LogP contribution in [0.5, 0.6) is 34.5 Å². The minimum atomic E-state index is -0.488. The van der Waals surface area contributed by atoms with Gasteiger partial charge in [-0.2, -0.15) is 0 Å². The van der Waals surface area contributed by atoms with E-state index in [4.69, 9.17) is 9.47 Å². The maximum absolute atomic E-state index is 10.6. The number of methoxy groups -OCH3 is 2. The lowest BCUT2D eigenvalue weighted by Gasteiger charge is -2.26. The average molecular weight is 453 g/mol. The first-order valence-corrected chi connectivity index (χ1v) is 10.9. The molecule has 0 saturated carbocycles. The van der Waals surface area contributed by atoms with Crippen molar-refractivity contribution in [3.8, 4) is 34.5 Å². The minimum Gasteiger partial charge on any atom is -0.508 e. The van der Waals surface area contributed by atoms with Crippen LogP contribution in [0.25, 0.3) is 0 Å². The third kappa shape index (κ3) is 4.65. The van der Waals surface area contributed by atoms with Crippen molar-refractivity contribution in [1.82, 2.24) is 0 Å². The first-order chi connectivity index (χ1) is 15.6. The Hall–Kier alpha value is -3.54. The summed E-state index contributed by atoms with van der Waals surface area (Å²) in [5.41, 5.74) is 3.69. The Balaban J connectivity index is 2.43. The third-order valence-electron chi connectivity index (χ3n) is 5.96. The van der Waals surface area contributed by atoms with Gasteiger partial charge in [0.25, 0.3) is 0 Å². The fourth-order valence-electron chi connectivity index (χ4n) is 4.18. The van der Waals surface area contributed by atoms with Crippen LogP contribution in [0.4, 0.5) is 0 Å². The van der Waals surface area contributed by atoms with E-state index >= 15 is 0 Å². The zero-order chi connectivity index (χ0) is 24.4. The van der Waals surface area contributed by atoms with Gasteiger partial charge in [-0.25, -0.2) is 0 Å². The average Bonchev–Trinajstić information content (AvgIpc) is 2.76. The van der Waals surface area contributed by atoms with Crippen molar-refractivity contribution in [2.24, 2.45) is 0 Å². The van der Waals surface area contributed by atoms with Crippen molar-refractivity contribution in [1.29, 1.82) is 0 Å². The molecule has 0 aromatic heterocycles. The van der Waals surface area contributed by atoms with Gasteiger partial charge in [0.05, 0.1) is 14.2 Å². The molecular weight excluding hydrogens is 420 g/mol. The normalized spacial score (nSPS) is 11.4. The summed E-state index contributed by atoms with van der Waals surface area (Å²) in [6.07, 6.45) is 0. The highest BCUT2D eigenvalue weighted by molar-refractivity contribution is 5.60. The molecule has 0 aliphatic carbocycles. The van der Waals surface area contributed by atoms with Gasteiger partial charge in [-0.3, -0.25) is 0 Å². The molecule has 0 fully saturated rings. The van der Waals surface area contributed by atoms with Crippen molar-refractivity contribution in [2.75, 3.05) is 14.2 Å². The molecule has 6 nitrogen and oxygen atoms in total. The predicted molar refractivity (Wildman–Crippen MR) is 128 cm³/mol. The maximum atomic E-state index is 10.6. The summed E-state index contributed by atoms with van der Waals surface area (Å²) in [6, 6.07) is 11.6. The second-order valence-electron chi connectivity index (χ2n) is 8.80. The molecule has 0 amide bonds. The van der Waals surface area contributed by atoms with Crippen molar-refractivity contribution in [2.45, 2.75) is 45.4 Å². The highest BCUT2D eigenvalue weighted by Gasteiger charge is 2.28. The van der Waals surface area contributed by atoms with Crippen LogP contribution in [0.2, 0.25) is 0 Å². The Kier molecular flexibility index (Phi) is 6.96. The smallest absolute Gasteiger partial charge is 0.157 e. The molecule has 0 unspecified atom stereocenters. The minimum absolute atomic E-state index is 0.0523. The standard InChI is InChI=1S/C27H32O6/c1-14(2)17-10-19(25(32-5)12-22(17)29)27(16-7-8-21(28)24(31)9-16)20-11-18(15(3)4)23(30)13-26(20)33-6/h7-15,27-31H,1-6H3. The number of hydrogen-bond acceptors (Lipinski definition) is 6. The zero-order valence-electron chi connectivity index (χ0n) is 19.9. The predicted octanol–water partition coefficient (Wildman–Crippen LogP) is 5.95. The summed E-state index contributed by atoms with van der Waals surface area (Å²) >= 11 is 0. The molecular formula is C27H32O6. The van der Waals surface area contributed by atoms with Gasteiger partial charge in [-0.05, 0) is 52.8 Å². The van der Waals surface area contributed by atoms with E-state index in [1.807, 2.05) is 39.8 Å². The van der Waals surface area contributed by atoms with Crippen LogP contribution >= 0.6 is 0 Å². The molecule has 3 aromatic rings. The third-order valence-corrected chi connectivity index (χ3v) is 5.96. The van der Waals surface area contributed by atoms with Gasteiger partial charge < -0.3 is 29.9 Å². The molecule has 176 valence electrons. The molecule has 3 rings (SSSR count). The van der Waals surface area contributed by atoms with Crippen molar-refractivity contribution >= 4 is 0 Å². The molecule has 0 atom stereocenters. The van der Waals surface area contributed by atoms with Gasteiger partial charge in [-0.1, -0.05) is 33.8 Å². The van der Waals surface area contributed by atoms with Crippen LogP contribution in [0.3, 0.4) is 0 Å². The van der Waals surface area contributed by atoms with Crippen LogP contribution in [-0.2, 0) is 0 Å². The Bertz CT molecular complexity index is 1080. The molecule has 4 N–H and O–H groups in total. The molecule has 0 aliphatic heterocycles. The van der Waals surface area contributed by atoms with Crippen LogP contribution in [0.15, 0.2) is 42.5 Å². The van der Waals surface area contributed by atoms with Gasteiger partial charge in [0.2, 0.25) is 0 Å². The van der Waals surface area contributed by atoms with E-state index in [1.54, 1.807) is 18.2 Å². The second kappa shape index (κ2) is 9.53. The lowest BCUT2D eigenvalue weighted by atomic mass is 9.81. The summed E-state index contributed by atoms with van der Waals surface area (Å²) < 4.78 is 11.3. The van der Waals surface area contributed by atoms with Gasteiger partial charge in [0.1, 0.15) is 23.0 Å². The summed E-state index contributed by atoms with van der Waals surface area (Å²) in [4.78, 5) is 0. The molecule has 3 aromatic carbocycles. The highest BCUT2D eigenvalue weighted by atomic mass is 16.5. The Morgan fingerprint density at radius 2 is 1.00 bits per heavy atom. The molecule has 6 heteroatoms. The van der Waals surface area contributed by atoms with Crippen molar-refractivity contribution in [3.63, 3.8) is 0 Å². The zero-order valence-corrected chi connectivity index (χ0v) is 19.9. The van der Waals surface area contributed by atoms with E-state index in [9.17, 15) is 20.4 Å². The van der Waals surface area contributed by atoms with Gasteiger partial charge >= 0.3 is 0 Å². The van der Waals surface area contributed by atoms with Crippen molar-refractivity contribution in [3.05, 3.63) is 70.3 Å². The first-order valence-electron chi connectivity index (χ1n) is 10.9. The lowest BCUT2D eigenvalue weighted by Crippen LogP contribution is -2.09. The van der Waals surface area contributed by atoms with Crippen molar-refractivity contribution < 1.29 is 29.9 Å². The molecule has 0 aliphatic rings. The highest BCUT2D eigenvalue weighted by Crippen LogP contribution is 2.47. The number of aromatic hydroxyl groups is 4. The fourth-order valence-corrected chi connectivity index (χ4v) is 4.18. The number of phenols is 4. The monoisotopic (exact) mass is 452 g/mol. The fraction of sp³-hybridized carbons (Fsp3) is 0.333. The SMILES string of the molecule is COc1cc(O)c(C(C)C)cc1C(c1ccc(O)c(O)c1)c1cc(C(C)C)c(O)cc1OC. The summed E-state index contributed by atoms with van der Waals surface area (Å²) in [5.74, 6) is 0.355. The van der Waals surface area contributed by atoms with E-state index in [2.05, 4.69) is 0 Å². The molecule has 33 heavy (non-hydrogen) atoms. The van der Waals surface area contributed by atoms with Crippen LogP contribution < -0.4 is 9.47 Å².